The molecule has 8 heteroatoms. The summed E-state index contributed by atoms with van der Waals surface area (Å²) in [6.45, 7) is 1.11. The van der Waals surface area contributed by atoms with Crippen LogP contribution in [0.2, 0.25) is 0 Å². The van der Waals surface area contributed by atoms with Gasteiger partial charge in [0.25, 0.3) is 17.4 Å². The number of pyridine rings is 1. The fourth-order valence-electron chi connectivity index (χ4n) is 3.28. The van der Waals surface area contributed by atoms with E-state index in [2.05, 4.69) is 10.3 Å². The van der Waals surface area contributed by atoms with Gasteiger partial charge in [0.05, 0.1) is 4.88 Å². The zero-order valence-electron chi connectivity index (χ0n) is 14.5. The van der Waals surface area contributed by atoms with Gasteiger partial charge in [-0.15, -0.1) is 11.3 Å². The molecule has 0 bridgehead atoms. The summed E-state index contributed by atoms with van der Waals surface area (Å²) in [6.07, 6.45) is 4.47. The summed E-state index contributed by atoms with van der Waals surface area (Å²) < 4.78 is 1.35. The van der Waals surface area contributed by atoms with Crippen molar-refractivity contribution in [3.63, 3.8) is 0 Å². The van der Waals surface area contributed by atoms with Crippen LogP contribution in [-0.4, -0.2) is 45.2 Å². The van der Waals surface area contributed by atoms with Gasteiger partial charge < -0.3 is 10.2 Å². The lowest BCUT2D eigenvalue weighted by atomic mass is 10.0. The average Bonchev–Trinajstić information content (AvgIpc) is 3.23. The lowest BCUT2D eigenvalue weighted by Crippen LogP contribution is -2.50. The number of rotatable bonds is 3. The van der Waals surface area contributed by atoms with Crippen LogP contribution < -0.4 is 10.9 Å². The van der Waals surface area contributed by atoms with Crippen molar-refractivity contribution in [2.75, 3.05) is 13.1 Å². The van der Waals surface area contributed by atoms with Crippen LogP contribution in [0.5, 0.6) is 0 Å². The number of nitrogens with one attached hydrogen (secondary N) is 1. The number of amides is 2. The fourth-order valence-corrected chi connectivity index (χ4v) is 3.97. The number of hydrogen-bond donors (Lipinski definition) is 1. The molecule has 27 heavy (non-hydrogen) atoms. The SMILES string of the molecule is O=C(N[C@@H]1CCCN(C(=O)c2cccs2)C1)c1cnc2ccccn2c1=O. The van der Waals surface area contributed by atoms with E-state index in [4.69, 9.17) is 0 Å². The van der Waals surface area contributed by atoms with Gasteiger partial charge in [-0.2, -0.15) is 0 Å². The van der Waals surface area contributed by atoms with Gasteiger partial charge in [0, 0.05) is 31.5 Å². The molecular formula is C19H18N4O3S. The van der Waals surface area contributed by atoms with Crippen LogP contribution in [-0.2, 0) is 0 Å². The average molecular weight is 382 g/mol. The lowest BCUT2D eigenvalue weighted by molar-refractivity contribution is 0.0680. The highest BCUT2D eigenvalue weighted by molar-refractivity contribution is 7.12. The van der Waals surface area contributed by atoms with Crippen LogP contribution in [0.4, 0.5) is 0 Å². The molecule has 0 saturated carbocycles. The van der Waals surface area contributed by atoms with E-state index in [0.29, 0.717) is 23.6 Å². The molecule has 0 radical (unpaired) electrons. The van der Waals surface area contributed by atoms with Crippen LogP contribution in [0.25, 0.3) is 5.65 Å². The Balaban J connectivity index is 1.49. The third-order valence-electron chi connectivity index (χ3n) is 4.63. The van der Waals surface area contributed by atoms with Crippen LogP contribution in [0.15, 0.2) is 52.9 Å². The molecule has 0 unspecified atom stereocenters. The summed E-state index contributed by atoms with van der Waals surface area (Å²) in [5.41, 5.74) is 0.0882. The van der Waals surface area contributed by atoms with E-state index in [9.17, 15) is 14.4 Å². The first-order valence-electron chi connectivity index (χ1n) is 8.73. The molecule has 1 aliphatic heterocycles. The smallest absolute Gasteiger partial charge is 0.270 e. The van der Waals surface area contributed by atoms with Crippen molar-refractivity contribution < 1.29 is 9.59 Å². The Hall–Kier alpha value is -3.00. The van der Waals surface area contributed by atoms with Crippen molar-refractivity contribution in [1.29, 1.82) is 0 Å². The number of carbonyl (C=O) groups is 2. The monoisotopic (exact) mass is 382 g/mol. The maximum absolute atomic E-state index is 12.6. The van der Waals surface area contributed by atoms with E-state index in [0.717, 1.165) is 12.8 Å². The van der Waals surface area contributed by atoms with Gasteiger partial charge in [-0.25, -0.2) is 4.98 Å². The van der Waals surface area contributed by atoms with Crippen molar-refractivity contribution in [3.05, 3.63) is 68.9 Å². The highest BCUT2D eigenvalue weighted by atomic mass is 32.1. The predicted octanol–water partition coefficient (Wildman–Crippen LogP) is 1.79. The van der Waals surface area contributed by atoms with Crippen molar-refractivity contribution >= 4 is 28.8 Å². The van der Waals surface area contributed by atoms with Crippen LogP contribution in [0.3, 0.4) is 0 Å². The number of fused-ring (bicyclic) bond motifs is 1. The summed E-state index contributed by atoms with van der Waals surface area (Å²) in [5.74, 6) is -0.474. The quantitative estimate of drug-likeness (QED) is 0.749. The number of thiophene rings is 1. The maximum atomic E-state index is 12.6. The van der Waals surface area contributed by atoms with Gasteiger partial charge in [-0.05, 0) is 36.4 Å². The molecule has 1 atom stereocenters. The standard InChI is InChI=1S/C19H18N4O3S/c24-17(14-11-20-16-7-1-2-9-23(16)18(14)25)21-13-5-3-8-22(12-13)19(26)15-6-4-10-27-15/h1-2,4,6-7,9-11,13H,3,5,8,12H2,(H,21,24)/t13-/m1/s1. The van der Waals surface area contributed by atoms with Crippen LogP contribution in [0.1, 0.15) is 32.9 Å². The number of piperidine rings is 1. The van der Waals surface area contributed by atoms with E-state index in [1.807, 2.05) is 11.4 Å². The van der Waals surface area contributed by atoms with Gasteiger partial charge >= 0.3 is 0 Å². The normalized spacial score (nSPS) is 17.0. The molecule has 0 aromatic carbocycles. The summed E-state index contributed by atoms with van der Waals surface area (Å²) >= 11 is 1.41. The van der Waals surface area contributed by atoms with Gasteiger partial charge in [0.1, 0.15) is 11.2 Å². The molecule has 4 heterocycles. The topological polar surface area (TPSA) is 83.8 Å². The van der Waals surface area contributed by atoms with E-state index in [1.165, 1.54) is 21.9 Å². The van der Waals surface area contributed by atoms with E-state index >= 15 is 0 Å². The first kappa shape index (κ1) is 17.4. The molecule has 0 spiro atoms. The third kappa shape index (κ3) is 3.48. The molecule has 1 aliphatic rings. The zero-order valence-corrected chi connectivity index (χ0v) is 15.3. The maximum Gasteiger partial charge on any atom is 0.270 e. The second-order valence-corrected chi connectivity index (χ2v) is 7.39. The summed E-state index contributed by atoms with van der Waals surface area (Å²) in [6, 6.07) is 8.66. The first-order chi connectivity index (χ1) is 13.1. The van der Waals surface area contributed by atoms with Gasteiger partial charge in [-0.1, -0.05) is 12.1 Å². The minimum Gasteiger partial charge on any atom is -0.347 e. The van der Waals surface area contributed by atoms with Crippen LogP contribution in [0, 0.1) is 0 Å². The summed E-state index contributed by atoms with van der Waals surface area (Å²) in [4.78, 5) is 44.3. The van der Waals surface area contributed by atoms with Crippen molar-refractivity contribution in [1.82, 2.24) is 19.6 Å². The Morgan fingerprint density at radius 2 is 2.11 bits per heavy atom. The van der Waals surface area contributed by atoms with E-state index < -0.39 is 11.5 Å². The molecule has 2 amide bonds. The highest BCUT2D eigenvalue weighted by Crippen LogP contribution is 2.17. The first-order valence-corrected chi connectivity index (χ1v) is 9.61. The van der Waals surface area contributed by atoms with Gasteiger partial charge in [-0.3, -0.25) is 18.8 Å². The predicted molar refractivity (Wildman–Crippen MR) is 102 cm³/mol. The third-order valence-corrected chi connectivity index (χ3v) is 5.49. The van der Waals surface area contributed by atoms with Gasteiger partial charge in [0.2, 0.25) is 0 Å². The molecule has 138 valence electrons. The number of carbonyl (C=O) groups excluding carboxylic acids is 2. The fraction of sp³-hybridized carbons (Fsp3) is 0.263. The molecule has 0 aliphatic carbocycles. The minimum atomic E-state index is -0.457. The van der Waals surface area contributed by atoms with Crippen molar-refractivity contribution in [3.8, 4) is 0 Å². The number of likely N-dealkylation sites (tertiary alicyclic amines) is 1. The molecular weight excluding hydrogens is 364 g/mol. The Morgan fingerprint density at radius 3 is 2.93 bits per heavy atom. The molecule has 1 N–H and O–H groups in total. The Labute approximate surface area is 159 Å². The molecule has 1 fully saturated rings. The van der Waals surface area contributed by atoms with Gasteiger partial charge in [0.15, 0.2) is 0 Å². The largest absolute Gasteiger partial charge is 0.347 e. The molecule has 7 nitrogen and oxygen atoms in total. The Morgan fingerprint density at radius 1 is 1.22 bits per heavy atom. The summed E-state index contributed by atoms with van der Waals surface area (Å²) in [5, 5.41) is 4.76. The van der Waals surface area contributed by atoms with Crippen molar-refractivity contribution in [2.45, 2.75) is 18.9 Å². The lowest BCUT2D eigenvalue weighted by Gasteiger charge is -2.32. The van der Waals surface area contributed by atoms with Crippen LogP contribution >= 0.6 is 11.3 Å². The molecule has 3 aromatic heterocycles. The van der Waals surface area contributed by atoms with E-state index in [1.54, 1.807) is 35.4 Å². The summed E-state index contributed by atoms with van der Waals surface area (Å²) in [7, 11) is 0. The van der Waals surface area contributed by atoms with E-state index in [-0.39, 0.29) is 17.5 Å². The number of aromatic nitrogens is 2. The molecule has 1 saturated heterocycles. The molecule has 3 aromatic rings. The second-order valence-electron chi connectivity index (χ2n) is 6.45. The number of hydrogen-bond acceptors (Lipinski definition) is 5. The minimum absolute atomic E-state index is 0.000377. The number of nitrogens with zero attached hydrogens (tertiary/aromatic N) is 3. The second kappa shape index (κ2) is 7.32. The highest BCUT2D eigenvalue weighted by Gasteiger charge is 2.27. The molecule has 4 rings (SSSR count). The Kier molecular flexibility index (Phi) is 4.72. The zero-order chi connectivity index (χ0) is 18.8. The Bertz CT molecular complexity index is 1040. The van der Waals surface area contributed by atoms with Crippen molar-refractivity contribution in [2.24, 2.45) is 0 Å².